The normalized spacial score (nSPS) is 21.3. The Hall–Kier alpha value is -0.770. The minimum Gasteiger partial charge on any atom is -0.453 e. The Labute approximate surface area is 85.6 Å². The molecule has 1 N–H and O–H groups in total. The summed E-state index contributed by atoms with van der Waals surface area (Å²) in [6.45, 7) is 4.91. The Kier molecular flexibility index (Phi) is 4.73. The molecule has 1 atom stereocenters. The number of carbonyl (C=O) groups excluding carboxylic acids is 1. The maximum Gasteiger partial charge on any atom is 0.409 e. The van der Waals surface area contributed by atoms with Crippen LogP contribution in [0.5, 0.6) is 0 Å². The second kappa shape index (κ2) is 5.86. The van der Waals surface area contributed by atoms with E-state index in [1.807, 2.05) is 4.90 Å². The van der Waals surface area contributed by atoms with Crippen molar-refractivity contribution in [1.29, 1.82) is 0 Å². The molecule has 0 bridgehead atoms. The van der Waals surface area contributed by atoms with Gasteiger partial charge in [-0.25, -0.2) is 4.79 Å². The van der Waals surface area contributed by atoms with Gasteiger partial charge in [0.25, 0.3) is 0 Å². The number of ether oxygens (including phenoxy) is 1. The van der Waals surface area contributed by atoms with Crippen LogP contribution in [0.1, 0.15) is 26.2 Å². The van der Waals surface area contributed by atoms with Crippen LogP contribution in [0.25, 0.3) is 0 Å². The molecular weight excluding hydrogens is 180 g/mol. The standard InChI is InChI=1S/C10H20N2O2/c1-3-11-7-6-9-5-4-8-12(9)10(13)14-2/h9,11H,3-8H2,1-2H3. The highest BCUT2D eigenvalue weighted by Crippen LogP contribution is 2.20. The summed E-state index contributed by atoms with van der Waals surface area (Å²) in [7, 11) is 1.45. The first-order chi connectivity index (χ1) is 6.79. The van der Waals surface area contributed by atoms with Crippen LogP contribution in [-0.4, -0.2) is 43.8 Å². The second-order valence-corrected chi connectivity index (χ2v) is 3.60. The lowest BCUT2D eigenvalue weighted by atomic mass is 10.1. The first-order valence-electron chi connectivity index (χ1n) is 5.35. The number of methoxy groups -OCH3 is 1. The van der Waals surface area contributed by atoms with E-state index in [0.29, 0.717) is 6.04 Å². The zero-order valence-electron chi connectivity index (χ0n) is 9.08. The minimum atomic E-state index is -0.177. The van der Waals surface area contributed by atoms with Crippen LogP contribution < -0.4 is 5.32 Å². The summed E-state index contributed by atoms with van der Waals surface area (Å²) < 4.78 is 4.74. The van der Waals surface area contributed by atoms with E-state index < -0.39 is 0 Å². The second-order valence-electron chi connectivity index (χ2n) is 3.60. The molecule has 1 amide bonds. The molecule has 1 saturated heterocycles. The van der Waals surface area contributed by atoms with Crippen LogP contribution in [0.4, 0.5) is 4.79 Å². The number of nitrogens with zero attached hydrogens (tertiary/aromatic N) is 1. The van der Waals surface area contributed by atoms with Gasteiger partial charge >= 0.3 is 6.09 Å². The molecule has 1 heterocycles. The van der Waals surface area contributed by atoms with Crippen molar-refractivity contribution in [1.82, 2.24) is 10.2 Å². The van der Waals surface area contributed by atoms with Gasteiger partial charge in [0.2, 0.25) is 0 Å². The number of amides is 1. The zero-order chi connectivity index (χ0) is 10.4. The summed E-state index contributed by atoms with van der Waals surface area (Å²) in [5.41, 5.74) is 0. The lowest BCUT2D eigenvalue weighted by Crippen LogP contribution is -2.37. The van der Waals surface area contributed by atoms with Gasteiger partial charge in [0, 0.05) is 12.6 Å². The fourth-order valence-corrected chi connectivity index (χ4v) is 1.94. The molecule has 0 aliphatic carbocycles. The fraction of sp³-hybridized carbons (Fsp3) is 0.900. The molecule has 4 heteroatoms. The Morgan fingerprint density at radius 2 is 2.43 bits per heavy atom. The van der Waals surface area contributed by atoms with E-state index in [1.165, 1.54) is 7.11 Å². The Balaban J connectivity index is 2.31. The largest absolute Gasteiger partial charge is 0.453 e. The maximum absolute atomic E-state index is 11.3. The van der Waals surface area contributed by atoms with Crippen molar-refractivity contribution in [3.63, 3.8) is 0 Å². The smallest absolute Gasteiger partial charge is 0.409 e. The zero-order valence-corrected chi connectivity index (χ0v) is 9.08. The fourth-order valence-electron chi connectivity index (χ4n) is 1.94. The molecule has 0 aromatic carbocycles. The third-order valence-electron chi connectivity index (χ3n) is 2.69. The maximum atomic E-state index is 11.3. The van der Waals surface area contributed by atoms with Gasteiger partial charge in [0.05, 0.1) is 7.11 Å². The average molecular weight is 200 g/mol. The minimum absolute atomic E-state index is 0.177. The van der Waals surface area contributed by atoms with E-state index in [9.17, 15) is 4.79 Å². The van der Waals surface area contributed by atoms with Crippen molar-refractivity contribution < 1.29 is 9.53 Å². The summed E-state index contributed by atoms with van der Waals surface area (Å²) in [6.07, 6.45) is 3.07. The van der Waals surface area contributed by atoms with Gasteiger partial charge in [0.15, 0.2) is 0 Å². The van der Waals surface area contributed by atoms with Crippen LogP contribution in [0.3, 0.4) is 0 Å². The summed E-state index contributed by atoms with van der Waals surface area (Å²) in [5, 5.41) is 3.27. The predicted molar refractivity (Wildman–Crippen MR) is 55.3 cm³/mol. The van der Waals surface area contributed by atoms with Gasteiger partial charge in [-0.1, -0.05) is 6.92 Å². The Morgan fingerprint density at radius 3 is 3.07 bits per heavy atom. The number of rotatable bonds is 4. The van der Waals surface area contributed by atoms with Crippen molar-refractivity contribution in [3.8, 4) is 0 Å². The van der Waals surface area contributed by atoms with Crippen LogP contribution in [0, 0.1) is 0 Å². The van der Waals surface area contributed by atoms with E-state index in [4.69, 9.17) is 4.74 Å². The molecule has 14 heavy (non-hydrogen) atoms. The number of hydrogen-bond donors (Lipinski definition) is 1. The molecule has 0 aromatic rings. The molecule has 4 nitrogen and oxygen atoms in total. The number of nitrogens with one attached hydrogen (secondary N) is 1. The van der Waals surface area contributed by atoms with Crippen molar-refractivity contribution in [2.75, 3.05) is 26.7 Å². The molecule has 0 aromatic heterocycles. The lowest BCUT2D eigenvalue weighted by Gasteiger charge is -2.23. The molecule has 0 radical (unpaired) electrons. The molecular formula is C10H20N2O2. The van der Waals surface area contributed by atoms with Crippen molar-refractivity contribution in [2.45, 2.75) is 32.2 Å². The molecule has 0 saturated carbocycles. The molecule has 82 valence electrons. The van der Waals surface area contributed by atoms with Crippen LogP contribution in [0.15, 0.2) is 0 Å². The summed E-state index contributed by atoms with van der Waals surface area (Å²) >= 11 is 0. The third kappa shape index (κ3) is 2.87. The molecule has 1 unspecified atom stereocenters. The summed E-state index contributed by atoms with van der Waals surface area (Å²) in [5.74, 6) is 0. The van der Waals surface area contributed by atoms with E-state index in [1.54, 1.807) is 0 Å². The molecule has 1 aliphatic rings. The third-order valence-corrected chi connectivity index (χ3v) is 2.69. The van der Waals surface area contributed by atoms with Crippen LogP contribution in [0.2, 0.25) is 0 Å². The van der Waals surface area contributed by atoms with Gasteiger partial charge in [-0.2, -0.15) is 0 Å². The Bertz CT molecular complexity index is 185. The number of hydrogen-bond acceptors (Lipinski definition) is 3. The molecule has 1 fully saturated rings. The SMILES string of the molecule is CCNCCC1CCCN1C(=O)OC. The van der Waals surface area contributed by atoms with Crippen molar-refractivity contribution in [3.05, 3.63) is 0 Å². The van der Waals surface area contributed by atoms with Gasteiger partial charge in [-0.3, -0.25) is 0 Å². The first-order valence-corrected chi connectivity index (χ1v) is 5.35. The van der Waals surface area contributed by atoms with E-state index in [2.05, 4.69) is 12.2 Å². The van der Waals surface area contributed by atoms with E-state index in [0.717, 1.165) is 38.9 Å². The molecule has 1 aliphatic heterocycles. The molecule has 1 rings (SSSR count). The Morgan fingerprint density at radius 1 is 1.64 bits per heavy atom. The first kappa shape index (κ1) is 11.3. The molecule has 0 spiro atoms. The predicted octanol–water partition coefficient (Wildman–Crippen LogP) is 1.22. The highest BCUT2D eigenvalue weighted by Gasteiger charge is 2.28. The lowest BCUT2D eigenvalue weighted by molar-refractivity contribution is 0.117. The van der Waals surface area contributed by atoms with Crippen molar-refractivity contribution in [2.24, 2.45) is 0 Å². The number of likely N-dealkylation sites (tertiary alicyclic amines) is 1. The van der Waals surface area contributed by atoms with Gasteiger partial charge in [-0.05, 0) is 32.4 Å². The van der Waals surface area contributed by atoms with E-state index in [-0.39, 0.29) is 6.09 Å². The summed E-state index contributed by atoms with van der Waals surface area (Å²) in [4.78, 5) is 13.2. The monoisotopic (exact) mass is 200 g/mol. The van der Waals surface area contributed by atoms with Crippen molar-refractivity contribution >= 4 is 6.09 Å². The quantitative estimate of drug-likeness (QED) is 0.694. The van der Waals surface area contributed by atoms with Gasteiger partial charge in [-0.15, -0.1) is 0 Å². The van der Waals surface area contributed by atoms with Gasteiger partial charge < -0.3 is 15.0 Å². The van der Waals surface area contributed by atoms with Crippen LogP contribution >= 0.6 is 0 Å². The average Bonchev–Trinajstić information content (AvgIpc) is 2.65. The highest BCUT2D eigenvalue weighted by molar-refractivity contribution is 5.68. The van der Waals surface area contributed by atoms with Crippen LogP contribution in [-0.2, 0) is 4.74 Å². The number of carbonyl (C=O) groups is 1. The van der Waals surface area contributed by atoms with E-state index >= 15 is 0 Å². The topological polar surface area (TPSA) is 41.6 Å². The highest BCUT2D eigenvalue weighted by atomic mass is 16.5. The summed E-state index contributed by atoms with van der Waals surface area (Å²) in [6, 6.07) is 0.376. The van der Waals surface area contributed by atoms with Gasteiger partial charge in [0.1, 0.15) is 0 Å².